The molecular weight excluding hydrogens is 242 g/mol. The molecule has 0 spiro atoms. The molecule has 100 valence electrons. The van der Waals surface area contributed by atoms with Gasteiger partial charge < -0.3 is 14.9 Å². The Kier molecular flexibility index (Phi) is 3.71. The molecular formula is C15H17NO3. The van der Waals surface area contributed by atoms with Crippen LogP contribution in [0.2, 0.25) is 0 Å². The Bertz CT molecular complexity index is 581. The van der Waals surface area contributed by atoms with E-state index in [2.05, 4.69) is 4.74 Å². The molecule has 0 amide bonds. The van der Waals surface area contributed by atoms with Gasteiger partial charge in [-0.25, -0.2) is 4.79 Å². The maximum atomic E-state index is 11.4. The van der Waals surface area contributed by atoms with Crippen LogP contribution in [0.25, 0.3) is 0 Å². The van der Waals surface area contributed by atoms with Gasteiger partial charge in [-0.3, -0.25) is 0 Å². The maximum Gasteiger partial charge on any atom is 0.373 e. The van der Waals surface area contributed by atoms with Gasteiger partial charge in [0.15, 0.2) is 0 Å². The summed E-state index contributed by atoms with van der Waals surface area (Å²) in [5.74, 6) is 0.219. The van der Waals surface area contributed by atoms with Crippen LogP contribution in [0.4, 0.5) is 0 Å². The molecule has 1 aromatic carbocycles. The summed E-state index contributed by atoms with van der Waals surface area (Å²) in [5, 5.41) is 0. The Morgan fingerprint density at radius 3 is 2.42 bits per heavy atom. The summed E-state index contributed by atoms with van der Waals surface area (Å²) < 4.78 is 10.1. The molecule has 4 nitrogen and oxygen atoms in total. The van der Waals surface area contributed by atoms with E-state index in [9.17, 15) is 4.79 Å². The van der Waals surface area contributed by atoms with Crippen molar-refractivity contribution < 1.29 is 13.9 Å². The average Bonchev–Trinajstić information content (AvgIpc) is 2.87. The summed E-state index contributed by atoms with van der Waals surface area (Å²) in [7, 11) is 1.32. The molecule has 19 heavy (non-hydrogen) atoms. The molecule has 1 atom stereocenters. The molecule has 0 aliphatic heterocycles. The first-order valence-electron chi connectivity index (χ1n) is 6.04. The minimum Gasteiger partial charge on any atom is -0.463 e. The molecule has 1 unspecified atom stereocenters. The van der Waals surface area contributed by atoms with E-state index < -0.39 is 5.97 Å². The number of benzene rings is 1. The quantitative estimate of drug-likeness (QED) is 0.861. The molecule has 4 heteroatoms. The van der Waals surface area contributed by atoms with E-state index in [4.69, 9.17) is 10.2 Å². The fraction of sp³-hybridized carbons (Fsp3) is 0.267. The third kappa shape index (κ3) is 2.53. The second kappa shape index (κ2) is 5.28. The van der Waals surface area contributed by atoms with E-state index in [-0.39, 0.29) is 11.8 Å². The topological polar surface area (TPSA) is 65.5 Å². The minimum absolute atomic E-state index is 0.166. The Balaban J connectivity index is 2.36. The Morgan fingerprint density at radius 2 is 1.84 bits per heavy atom. The highest BCUT2D eigenvalue weighted by Gasteiger charge is 2.19. The molecule has 1 aromatic heterocycles. The standard InChI is InChI=1S/C15H17NO3/c1-9-5-4-6-10(2)13(9)14(16)11-7-8-12(19-11)15(17)18-3/h4-8,14H,16H2,1-3H3. The predicted octanol–water partition coefficient (Wildman–Crippen LogP) is 2.73. The predicted molar refractivity (Wildman–Crippen MR) is 72.0 cm³/mol. The van der Waals surface area contributed by atoms with E-state index in [1.165, 1.54) is 7.11 Å². The molecule has 2 N–H and O–H groups in total. The highest BCUT2D eigenvalue weighted by Crippen LogP contribution is 2.27. The molecule has 0 aliphatic carbocycles. The average molecular weight is 259 g/mol. The third-order valence-corrected chi connectivity index (χ3v) is 3.17. The second-order valence-corrected chi connectivity index (χ2v) is 4.48. The van der Waals surface area contributed by atoms with Crippen molar-refractivity contribution in [1.82, 2.24) is 0 Å². The van der Waals surface area contributed by atoms with Crippen LogP contribution >= 0.6 is 0 Å². The van der Waals surface area contributed by atoms with Crippen LogP contribution in [0.5, 0.6) is 0 Å². The van der Waals surface area contributed by atoms with E-state index >= 15 is 0 Å². The highest BCUT2D eigenvalue weighted by atomic mass is 16.5. The Morgan fingerprint density at radius 1 is 1.21 bits per heavy atom. The third-order valence-electron chi connectivity index (χ3n) is 3.17. The summed E-state index contributed by atoms with van der Waals surface area (Å²) in [6, 6.07) is 8.90. The first kappa shape index (κ1) is 13.4. The zero-order valence-corrected chi connectivity index (χ0v) is 11.3. The van der Waals surface area contributed by atoms with Crippen molar-refractivity contribution in [2.45, 2.75) is 19.9 Å². The molecule has 2 aromatic rings. The Labute approximate surface area is 112 Å². The van der Waals surface area contributed by atoms with E-state index in [1.54, 1.807) is 12.1 Å². The molecule has 0 saturated carbocycles. The summed E-state index contributed by atoms with van der Waals surface area (Å²) >= 11 is 0. The van der Waals surface area contributed by atoms with Gasteiger partial charge in [-0.15, -0.1) is 0 Å². The molecule has 0 radical (unpaired) electrons. The van der Waals surface area contributed by atoms with Crippen molar-refractivity contribution in [2.24, 2.45) is 5.73 Å². The van der Waals surface area contributed by atoms with Crippen LogP contribution in [0, 0.1) is 13.8 Å². The number of ether oxygens (including phenoxy) is 1. The number of hydrogen-bond acceptors (Lipinski definition) is 4. The van der Waals surface area contributed by atoms with Crippen molar-refractivity contribution in [3.8, 4) is 0 Å². The van der Waals surface area contributed by atoms with Gasteiger partial charge >= 0.3 is 5.97 Å². The van der Waals surface area contributed by atoms with E-state index in [1.807, 2.05) is 32.0 Å². The van der Waals surface area contributed by atoms with Gasteiger partial charge in [-0.05, 0) is 42.7 Å². The lowest BCUT2D eigenvalue weighted by atomic mass is 9.95. The second-order valence-electron chi connectivity index (χ2n) is 4.48. The van der Waals surface area contributed by atoms with Crippen molar-refractivity contribution in [1.29, 1.82) is 0 Å². The van der Waals surface area contributed by atoms with Gasteiger partial charge in [-0.2, -0.15) is 0 Å². The molecule has 1 heterocycles. The normalized spacial score (nSPS) is 12.2. The number of aryl methyl sites for hydroxylation is 2. The number of rotatable bonds is 3. The van der Waals surface area contributed by atoms with Crippen molar-refractivity contribution in [2.75, 3.05) is 7.11 Å². The first-order valence-corrected chi connectivity index (χ1v) is 6.04. The zero-order valence-electron chi connectivity index (χ0n) is 11.3. The number of nitrogens with two attached hydrogens (primary N) is 1. The Hall–Kier alpha value is -2.07. The van der Waals surface area contributed by atoms with Gasteiger partial charge in [-0.1, -0.05) is 18.2 Å². The van der Waals surface area contributed by atoms with Crippen LogP contribution in [-0.4, -0.2) is 13.1 Å². The van der Waals surface area contributed by atoms with Crippen LogP contribution in [0.15, 0.2) is 34.7 Å². The fourth-order valence-corrected chi connectivity index (χ4v) is 2.19. The molecule has 2 rings (SSSR count). The number of esters is 1. The van der Waals surface area contributed by atoms with Crippen molar-refractivity contribution in [3.05, 3.63) is 58.5 Å². The van der Waals surface area contributed by atoms with Crippen LogP contribution in [0.3, 0.4) is 0 Å². The minimum atomic E-state index is -0.500. The van der Waals surface area contributed by atoms with Crippen LogP contribution in [-0.2, 0) is 4.74 Å². The van der Waals surface area contributed by atoms with Crippen LogP contribution < -0.4 is 5.73 Å². The zero-order chi connectivity index (χ0) is 14.0. The number of methoxy groups -OCH3 is 1. The molecule has 0 bridgehead atoms. The number of furan rings is 1. The summed E-state index contributed by atoms with van der Waals surface area (Å²) in [5.41, 5.74) is 9.45. The fourth-order valence-electron chi connectivity index (χ4n) is 2.19. The lowest BCUT2D eigenvalue weighted by Gasteiger charge is -2.15. The van der Waals surface area contributed by atoms with E-state index in [0.29, 0.717) is 5.76 Å². The van der Waals surface area contributed by atoms with Gasteiger partial charge in [0.2, 0.25) is 5.76 Å². The van der Waals surface area contributed by atoms with Gasteiger partial charge in [0.05, 0.1) is 13.2 Å². The molecule has 0 aliphatic rings. The maximum absolute atomic E-state index is 11.4. The number of hydrogen-bond donors (Lipinski definition) is 1. The highest BCUT2D eigenvalue weighted by molar-refractivity contribution is 5.86. The summed E-state index contributed by atoms with van der Waals surface area (Å²) in [4.78, 5) is 11.4. The van der Waals surface area contributed by atoms with E-state index in [0.717, 1.165) is 16.7 Å². The van der Waals surface area contributed by atoms with Gasteiger partial charge in [0.1, 0.15) is 5.76 Å². The SMILES string of the molecule is COC(=O)c1ccc(C(N)c2c(C)cccc2C)o1. The summed E-state index contributed by atoms with van der Waals surface area (Å²) in [6.45, 7) is 4.01. The lowest BCUT2D eigenvalue weighted by Crippen LogP contribution is -2.14. The summed E-state index contributed by atoms with van der Waals surface area (Å²) in [6.07, 6.45) is 0. The molecule has 0 fully saturated rings. The molecule has 0 saturated heterocycles. The van der Waals surface area contributed by atoms with Crippen molar-refractivity contribution >= 4 is 5.97 Å². The largest absolute Gasteiger partial charge is 0.463 e. The van der Waals surface area contributed by atoms with Crippen LogP contribution in [0.1, 0.15) is 39.0 Å². The van der Waals surface area contributed by atoms with Gasteiger partial charge in [0.25, 0.3) is 0 Å². The number of carbonyl (C=O) groups is 1. The monoisotopic (exact) mass is 259 g/mol. The first-order chi connectivity index (χ1) is 9.04. The number of carbonyl (C=O) groups excluding carboxylic acids is 1. The lowest BCUT2D eigenvalue weighted by molar-refractivity contribution is 0.0562. The van der Waals surface area contributed by atoms with Gasteiger partial charge in [0, 0.05) is 0 Å². The van der Waals surface area contributed by atoms with Crippen molar-refractivity contribution in [3.63, 3.8) is 0 Å². The smallest absolute Gasteiger partial charge is 0.373 e.